The highest BCUT2D eigenvalue weighted by atomic mass is 16.2. The number of carbonyl (C=O) groups is 1. The van der Waals surface area contributed by atoms with Crippen molar-refractivity contribution in [2.45, 2.75) is 26.8 Å². The second kappa shape index (κ2) is 5.71. The molecule has 24 heavy (non-hydrogen) atoms. The molecule has 0 saturated carbocycles. The molecule has 0 atom stereocenters. The van der Waals surface area contributed by atoms with Gasteiger partial charge in [0.1, 0.15) is 0 Å². The molecule has 4 nitrogen and oxygen atoms in total. The molecule has 0 radical (unpaired) electrons. The lowest BCUT2D eigenvalue weighted by Gasteiger charge is -2.27. The molecule has 0 spiro atoms. The highest BCUT2D eigenvalue weighted by Crippen LogP contribution is 2.27. The number of aromatic nitrogens is 1. The Balaban J connectivity index is 1.54. The summed E-state index contributed by atoms with van der Waals surface area (Å²) in [6.07, 6.45) is 0.889. The van der Waals surface area contributed by atoms with Gasteiger partial charge in [-0.15, -0.1) is 0 Å². The molecule has 4 heteroatoms. The summed E-state index contributed by atoms with van der Waals surface area (Å²) in [4.78, 5) is 17.9. The van der Waals surface area contributed by atoms with Crippen LogP contribution < -0.4 is 5.32 Å². The van der Waals surface area contributed by atoms with Crippen molar-refractivity contribution < 1.29 is 4.79 Å². The van der Waals surface area contributed by atoms with Crippen LogP contribution in [0.25, 0.3) is 10.9 Å². The summed E-state index contributed by atoms with van der Waals surface area (Å²) >= 11 is 0. The number of H-pyrrole nitrogens is 1. The molecule has 0 aliphatic carbocycles. The first-order chi connectivity index (χ1) is 11.6. The number of aryl methyl sites for hydroxylation is 2. The van der Waals surface area contributed by atoms with Gasteiger partial charge in [0.15, 0.2) is 0 Å². The van der Waals surface area contributed by atoms with Crippen molar-refractivity contribution in [2.24, 2.45) is 0 Å². The number of carbonyl (C=O) groups excluding carboxylic acids is 1. The maximum Gasteiger partial charge on any atom is 0.322 e. The molecule has 2 heterocycles. The van der Waals surface area contributed by atoms with E-state index in [1.54, 1.807) is 0 Å². The summed E-state index contributed by atoms with van der Waals surface area (Å²) in [5.74, 6) is 0. The van der Waals surface area contributed by atoms with Gasteiger partial charge in [-0.1, -0.05) is 24.3 Å². The molecule has 2 aromatic carbocycles. The molecule has 0 unspecified atom stereocenters. The average Bonchev–Trinajstić information content (AvgIpc) is 2.91. The van der Waals surface area contributed by atoms with Crippen LogP contribution in [-0.4, -0.2) is 22.5 Å². The maximum absolute atomic E-state index is 12.6. The van der Waals surface area contributed by atoms with E-state index in [2.05, 4.69) is 34.6 Å². The van der Waals surface area contributed by atoms with Crippen molar-refractivity contribution in [1.29, 1.82) is 0 Å². The van der Waals surface area contributed by atoms with Crippen LogP contribution in [0.2, 0.25) is 0 Å². The Morgan fingerprint density at radius 3 is 2.67 bits per heavy atom. The van der Waals surface area contributed by atoms with Gasteiger partial charge >= 0.3 is 6.03 Å². The number of rotatable bonds is 1. The van der Waals surface area contributed by atoms with Gasteiger partial charge in [0.05, 0.1) is 6.54 Å². The van der Waals surface area contributed by atoms with Crippen LogP contribution in [0.5, 0.6) is 0 Å². The Morgan fingerprint density at radius 2 is 1.88 bits per heavy atom. The van der Waals surface area contributed by atoms with Gasteiger partial charge in [0.2, 0.25) is 0 Å². The molecule has 0 fully saturated rings. The molecule has 4 rings (SSSR count). The van der Waals surface area contributed by atoms with E-state index in [-0.39, 0.29) is 6.03 Å². The third kappa shape index (κ3) is 2.64. The first-order valence-electron chi connectivity index (χ1n) is 8.33. The number of para-hydroxylation sites is 1. The molecule has 1 aliphatic heterocycles. The van der Waals surface area contributed by atoms with E-state index >= 15 is 0 Å². The zero-order valence-electron chi connectivity index (χ0n) is 14.0. The first-order valence-corrected chi connectivity index (χ1v) is 8.33. The number of hydrogen-bond acceptors (Lipinski definition) is 1. The molecule has 0 bridgehead atoms. The standard InChI is InChI=1S/C20H21N3O/c1-13-9-14(2)11-15(10-13)21-20(24)23-8-7-17-16-5-3-4-6-18(16)22-19(17)12-23/h3-6,9-11,22H,7-8,12H2,1-2H3,(H,21,24). The van der Waals surface area contributed by atoms with Gasteiger partial charge in [-0.25, -0.2) is 4.79 Å². The van der Waals surface area contributed by atoms with Crippen molar-refractivity contribution in [3.8, 4) is 0 Å². The number of anilines is 1. The molecular weight excluding hydrogens is 298 g/mol. The van der Waals surface area contributed by atoms with Crippen molar-refractivity contribution >= 4 is 22.6 Å². The van der Waals surface area contributed by atoms with Crippen LogP contribution in [0.15, 0.2) is 42.5 Å². The van der Waals surface area contributed by atoms with Gasteiger partial charge in [-0.2, -0.15) is 0 Å². The third-order valence-corrected chi connectivity index (χ3v) is 4.64. The van der Waals surface area contributed by atoms with Crippen LogP contribution in [0.3, 0.4) is 0 Å². The van der Waals surface area contributed by atoms with Crippen LogP contribution in [0.4, 0.5) is 10.5 Å². The first kappa shape index (κ1) is 14.8. The van der Waals surface area contributed by atoms with Crippen molar-refractivity contribution in [3.05, 3.63) is 64.8 Å². The molecular formula is C20H21N3O. The Hall–Kier alpha value is -2.75. The number of hydrogen-bond donors (Lipinski definition) is 2. The van der Waals surface area contributed by atoms with Gasteiger partial charge in [-0.05, 0) is 55.2 Å². The fourth-order valence-electron chi connectivity index (χ4n) is 3.62. The van der Waals surface area contributed by atoms with Crippen molar-refractivity contribution in [1.82, 2.24) is 9.88 Å². The van der Waals surface area contributed by atoms with Crippen LogP contribution >= 0.6 is 0 Å². The lowest BCUT2D eigenvalue weighted by Crippen LogP contribution is -2.38. The van der Waals surface area contributed by atoms with E-state index in [0.29, 0.717) is 6.54 Å². The fraction of sp³-hybridized carbons (Fsp3) is 0.250. The van der Waals surface area contributed by atoms with E-state index in [0.717, 1.165) is 41.0 Å². The monoisotopic (exact) mass is 319 g/mol. The fourth-order valence-corrected chi connectivity index (χ4v) is 3.62. The normalized spacial score (nSPS) is 13.8. The van der Waals surface area contributed by atoms with Crippen LogP contribution in [0.1, 0.15) is 22.4 Å². The number of benzene rings is 2. The second-order valence-electron chi connectivity index (χ2n) is 6.61. The van der Waals surface area contributed by atoms with E-state index in [1.807, 2.05) is 36.9 Å². The zero-order valence-corrected chi connectivity index (χ0v) is 14.0. The Labute approximate surface area is 141 Å². The molecule has 3 aromatic rings. The third-order valence-electron chi connectivity index (χ3n) is 4.64. The number of aromatic amines is 1. The predicted molar refractivity (Wildman–Crippen MR) is 97.3 cm³/mol. The largest absolute Gasteiger partial charge is 0.357 e. The summed E-state index contributed by atoms with van der Waals surface area (Å²) < 4.78 is 0. The molecule has 1 aliphatic rings. The summed E-state index contributed by atoms with van der Waals surface area (Å²) in [6.45, 7) is 5.45. The molecule has 2 N–H and O–H groups in total. The lowest BCUT2D eigenvalue weighted by atomic mass is 10.0. The average molecular weight is 319 g/mol. The predicted octanol–water partition coefficient (Wildman–Crippen LogP) is 4.37. The SMILES string of the molecule is Cc1cc(C)cc(NC(=O)N2CCc3c([nH]c4ccccc34)C2)c1. The molecule has 0 saturated heterocycles. The van der Waals surface area contributed by atoms with Crippen molar-refractivity contribution in [2.75, 3.05) is 11.9 Å². The molecule has 122 valence electrons. The minimum Gasteiger partial charge on any atom is -0.357 e. The van der Waals surface area contributed by atoms with Crippen LogP contribution in [0, 0.1) is 13.8 Å². The molecule has 2 amide bonds. The minimum atomic E-state index is -0.0377. The second-order valence-corrected chi connectivity index (χ2v) is 6.61. The lowest BCUT2D eigenvalue weighted by molar-refractivity contribution is 0.206. The molecule has 1 aromatic heterocycles. The van der Waals surface area contributed by atoms with Gasteiger partial charge < -0.3 is 15.2 Å². The number of fused-ring (bicyclic) bond motifs is 3. The smallest absolute Gasteiger partial charge is 0.322 e. The van der Waals surface area contributed by atoms with E-state index in [4.69, 9.17) is 0 Å². The Kier molecular flexibility index (Phi) is 3.53. The highest BCUT2D eigenvalue weighted by Gasteiger charge is 2.23. The maximum atomic E-state index is 12.6. The Bertz CT molecular complexity index is 906. The number of nitrogens with zero attached hydrogens (tertiary/aromatic N) is 1. The van der Waals surface area contributed by atoms with E-state index in [1.165, 1.54) is 10.9 Å². The number of nitrogens with one attached hydrogen (secondary N) is 2. The van der Waals surface area contributed by atoms with Crippen LogP contribution in [-0.2, 0) is 13.0 Å². The summed E-state index contributed by atoms with van der Waals surface area (Å²) in [5.41, 5.74) is 6.82. The summed E-state index contributed by atoms with van der Waals surface area (Å²) in [7, 11) is 0. The summed E-state index contributed by atoms with van der Waals surface area (Å²) in [6, 6.07) is 14.4. The summed E-state index contributed by atoms with van der Waals surface area (Å²) in [5, 5.41) is 4.31. The zero-order chi connectivity index (χ0) is 16.7. The van der Waals surface area contributed by atoms with Gasteiger partial charge in [0, 0.05) is 28.8 Å². The van der Waals surface area contributed by atoms with E-state index < -0.39 is 0 Å². The quantitative estimate of drug-likeness (QED) is 0.687. The topological polar surface area (TPSA) is 48.1 Å². The van der Waals surface area contributed by atoms with Gasteiger partial charge in [0.25, 0.3) is 0 Å². The highest BCUT2D eigenvalue weighted by molar-refractivity contribution is 5.90. The number of amides is 2. The minimum absolute atomic E-state index is 0.0377. The Morgan fingerprint density at radius 1 is 1.12 bits per heavy atom. The van der Waals surface area contributed by atoms with E-state index in [9.17, 15) is 4.79 Å². The van der Waals surface area contributed by atoms with Crippen molar-refractivity contribution in [3.63, 3.8) is 0 Å². The number of urea groups is 1. The van der Waals surface area contributed by atoms with Gasteiger partial charge in [-0.3, -0.25) is 0 Å².